The zero-order valence-corrected chi connectivity index (χ0v) is 10.9. The number of imidazole rings is 1. The molecule has 0 aliphatic carbocycles. The number of amides is 2. The van der Waals surface area contributed by atoms with Crippen molar-refractivity contribution in [3.05, 3.63) is 17.7 Å². The number of likely N-dealkylation sites (tertiary alicyclic amines) is 1. The molecule has 1 unspecified atom stereocenters. The van der Waals surface area contributed by atoms with Crippen LogP contribution in [-0.4, -0.2) is 58.3 Å². The molecule has 1 N–H and O–H groups in total. The Labute approximate surface area is 106 Å². The highest BCUT2D eigenvalue weighted by Gasteiger charge is 2.35. The largest absolute Gasteiger partial charge is 0.347 e. The Bertz CT molecular complexity index is 466. The van der Waals surface area contributed by atoms with Gasteiger partial charge in [-0.05, 0) is 19.8 Å². The van der Waals surface area contributed by atoms with Gasteiger partial charge >= 0.3 is 0 Å². The number of hydrogen-bond acceptors (Lipinski definition) is 3. The van der Waals surface area contributed by atoms with Gasteiger partial charge in [-0.25, -0.2) is 4.98 Å². The minimum Gasteiger partial charge on any atom is -0.347 e. The summed E-state index contributed by atoms with van der Waals surface area (Å²) in [6.07, 6.45) is 3.12. The van der Waals surface area contributed by atoms with Crippen LogP contribution in [0.25, 0.3) is 0 Å². The van der Waals surface area contributed by atoms with Crippen LogP contribution in [0.15, 0.2) is 6.20 Å². The summed E-state index contributed by atoms with van der Waals surface area (Å²) in [7, 11) is 3.42. The minimum absolute atomic E-state index is 0.0166. The van der Waals surface area contributed by atoms with Gasteiger partial charge in [0.25, 0.3) is 5.91 Å². The number of hydrogen-bond donors (Lipinski definition) is 1. The highest BCUT2D eigenvalue weighted by molar-refractivity contribution is 5.96. The van der Waals surface area contributed by atoms with Crippen molar-refractivity contribution in [2.75, 3.05) is 20.6 Å². The summed E-state index contributed by atoms with van der Waals surface area (Å²) < 4.78 is 0. The van der Waals surface area contributed by atoms with Crippen molar-refractivity contribution in [3.63, 3.8) is 0 Å². The van der Waals surface area contributed by atoms with E-state index in [0.29, 0.717) is 18.1 Å². The van der Waals surface area contributed by atoms with E-state index in [1.807, 2.05) is 0 Å². The molecule has 2 heterocycles. The number of likely N-dealkylation sites (N-methyl/N-ethyl adjacent to an activating group) is 1. The van der Waals surface area contributed by atoms with Gasteiger partial charge < -0.3 is 14.8 Å². The first-order valence-corrected chi connectivity index (χ1v) is 6.04. The normalized spacial score (nSPS) is 19.1. The van der Waals surface area contributed by atoms with Gasteiger partial charge in [-0.1, -0.05) is 0 Å². The van der Waals surface area contributed by atoms with Gasteiger partial charge in [0.05, 0.1) is 6.20 Å². The highest BCUT2D eigenvalue weighted by Crippen LogP contribution is 2.20. The molecule has 1 aromatic rings. The summed E-state index contributed by atoms with van der Waals surface area (Å²) in [5.41, 5.74) is 0.450. The number of aromatic amines is 1. The first-order chi connectivity index (χ1) is 8.50. The average Bonchev–Trinajstić information content (AvgIpc) is 2.95. The third kappa shape index (κ3) is 2.23. The number of nitrogens with one attached hydrogen (secondary N) is 1. The zero-order valence-electron chi connectivity index (χ0n) is 10.9. The predicted molar refractivity (Wildman–Crippen MR) is 66.1 cm³/mol. The number of aromatic nitrogens is 2. The summed E-state index contributed by atoms with van der Waals surface area (Å²) >= 11 is 0. The molecule has 0 radical (unpaired) electrons. The van der Waals surface area contributed by atoms with Gasteiger partial charge in [-0.3, -0.25) is 9.59 Å². The second kappa shape index (κ2) is 4.80. The van der Waals surface area contributed by atoms with Crippen LogP contribution in [0, 0.1) is 6.92 Å². The highest BCUT2D eigenvalue weighted by atomic mass is 16.2. The molecular weight excluding hydrogens is 232 g/mol. The molecule has 1 saturated heterocycles. The van der Waals surface area contributed by atoms with E-state index in [9.17, 15) is 9.59 Å². The van der Waals surface area contributed by atoms with Crippen molar-refractivity contribution in [3.8, 4) is 0 Å². The number of rotatable bonds is 2. The third-order valence-corrected chi connectivity index (χ3v) is 3.17. The summed E-state index contributed by atoms with van der Waals surface area (Å²) in [6.45, 7) is 2.42. The van der Waals surface area contributed by atoms with E-state index < -0.39 is 0 Å². The zero-order chi connectivity index (χ0) is 13.3. The van der Waals surface area contributed by atoms with E-state index in [-0.39, 0.29) is 17.9 Å². The Morgan fingerprint density at radius 2 is 2.22 bits per heavy atom. The first-order valence-electron chi connectivity index (χ1n) is 6.04. The average molecular weight is 250 g/mol. The second-order valence-corrected chi connectivity index (χ2v) is 4.77. The molecule has 6 nitrogen and oxygen atoms in total. The molecule has 0 bridgehead atoms. The smallest absolute Gasteiger partial charge is 0.272 e. The molecule has 2 amide bonds. The van der Waals surface area contributed by atoms with Crippen LogP contribution in [0.1, 0.15) is 29.2 Å². The molecule has 98 valence electrons. The van der Waals surface area contributed by atoms with Crippen molar-refractivity contribution in [1.82, 2.24) is 19.8 Å². The van der Waals surface area contributed by atoms with Gasteiger partial charge in [0.1, 0.15) is 17.6 Å². The Morgan fingerprint density at radius 3 is 2.78 bits per heavy atom. The summed E-state index contributed by atoms with van der Waals surface area (Å²) in [6, 6.07) is -0.337. The van der Waals surface area contributed by atoms with Gasteiger partial charge in [0, 0.05) is 20.6 Å². The van der Waals surface area contributed by atoms with Crippen LogP contribution in [0.3, 0.4) is 0 Å². The van der Waals surface area contributed by atoms with Crippen LogP contribution in [-0.2, 0) is 4.79 Å². The Kier molecular flexibility index (Phi) is 3.36. The summed E-state index contributed by atoms with van der Waals surface area (Å²) in [5, 5.41) is 0. The lowest BCUT2D eigenvalue weighted by Gasteiger charge is -2.25. The van der Waals surface area contributed by atoms with Crippen LogP contribution in [0.4, 0.5) is 0 Å². The fraction of sp³-hybridized carbons (Fsp3) is 0.583. The quantitative estimate of drug-likeness (QED) is 0.826. The van der Waals surface area contributed by atoms with E-state index in [1.54, 1.807) is 25.9 Å². The lowest BCUT2D eigenvalue weighted by Crippen LogP contribution is -2.45. The topological polar surface area (TPSA) is 69.3 Å². The van der Waals surface area contributed by atoms with Crippen LogP contribution >= 0.6 is 0 Å². The van der Waals surface area contributed by atoms with E-state index >= 15 is 0 Å². The van der Waals surface area contributed by atoms with Gasteiger partial charge in [-0.2, -0.15) is 0 Å². The first kappa shape index (κ1) is 12.6. The third-order valence-electron chi connectivity index (χ3n) is 3.17. The van der Waals surface area contributed by atoms with Crippen LogP contribution in [0.2, 0.25) is 0 Å². The van der Waals surface area contributed by atoms with Crippen molar-refractivity contribution >= 4 is 11.8 Å². The molecule has 1 aliphatic heterocycles. The predicted octanol–water partition coefficient (Wildman–Crippen LogP) is 0.411. The van der Waals surface area contributed by atoms with E-state index in [1.165, 1.54) is 11.1 Å². The molecule has 18 heavy (non-hydrogen) atoms. The number of carbonyl (C=O) groups is 2. The Balaban J connectivity index is 2.17. The van der Waals surface area contributed by atoms with Gasteiger partial charge in [-0.15, -0.1) is 0 Å². The SMILES string of the molecule is Cc1ncc(C(=O)N2CCCC2C(=O)N(C)C)[nH]1. The van der Waals surface area contributed by atoms with Crippen LogP contribution < -0.4 is 0 Å². The maximum absolute atomic E-state index is 12.3. The number of H-pyrrole nitrogens is 1. The number of aryl methyl sites for hydroxylation is 1. The second-order valence-electron chi connectivity index (χ2n) is 4.77. The Morgan fingerprint density at radius 1 is 1.50 bits per heavy atom. The number of carbonyl (C=O) groups excluding carboxylic acids is 2. The fourth-order valence-electron chi connectivity index (χ4n) is 2.25. The Hall–Kier alpha value is -1.85. The van der Waals surface area contributed by atoms with Gasteiger partial charge in [0.15, 0.2) is 0 Å². The number of nitrogens with zero attached hydrogens (tertiary/aromatic N) is 3. The van der Waals surface area contributed by atoms with Crippen LogP contribution in [0.5, 0.6) is 0 Å². The molecule has 2 rings (SSSR count). The van der Waals surface area contributed by atoms with E-state index in [2.05, 4.69) is 9.97 Å². The van der Waals surface area contributed by atoms with E-state index in [4.69, 9.17) is 0 Å². The van der Waals surface area contributed by atoms with Crippen molar-refractivity contribution in [2.45, 2.75) is 25.8 Å². The summed E-state index contributed by atoms with van der Waals surface area (Å²) in [4.78, 5) is 34.4. The summed E-state index contributed by atoms with van der Waals surface area (Å²) in [5.74, 6) is 0.540. The minimum atomic E-state index is -0.337. The maximum Gasteiger partial charge on any atom is 0.272 e. The molecule has 1 atom stereocenters. The molecule has 0 saturated carbocycles. The maximum atomic E-state index is 12.3. The lowest BCUT2D eigenvalue weighted by atomic mass is 10.2. The molecular formula is C12H18N4O2. The molecule has 1 fully saturated rings. The van der Waals surface area contributed by atoms with Crippen molar-refractivity contribution in [1.29, 1.82) is 0 Å². The standard InChI is InChI=1S/C12H18N4O2/c1-8-13-7-9(14-8)11(17)16-6-4-5-10(16)12(18)15(2)3/h7,10H,4-6H2,1-3H3,(H,13,14). The molecule has 1 aliphatic rings. The molecule has 0 aromatic carbocycles. The van der Waals surface area contributed by atoms with Gasteiger partial charge in [0.2, 0.25) is 5.91 Å². The lowest BCUT2D eigenvalue weighted by molar-refractivity contribution is -0.132. The van der Waals surface area contributed by atoms with Crippen molar-refractivity contribution < 1.29 is 9.59 Å². The monoisotopic (exact) mass is 250 g/mol. The fourth-order valence-corrected chi connectivity index (χ4v) is 2.25. The van der Waals surface area contributed by atoms with E-state index in [0.717, 1.165) is 12.8 Å². The molecule has 1 aromatic heterocycles. The molecule has 6 heteroatoms. The molecule has 0 spiro atoms. The van der Waals surface area contributed by atoms with Crippen molar-refractivity contribution in [2.24, 2.45) is 0 Å².